The molecule has 1 heterocycles. The summed E-state index contributed by atoms with van der Waals surface area (Å²) < 4.78 is 40.7. The molecule has 172 valence electrons. The van der Waals surface area contributed by atoms with Gasteiger partial charge in [0.15, 0.2) is 23.9 Å². The lowest BCUT2D eigenvalue weighted by atomic mass is 10.0. The van der Waals surface area contributed by atoms with Gasteiger partial charge in [-0.3, -0.25) is 4.79 Å². The number of ether oxygens (including phenoxy) is 3. The van der Waals surface area contributed by atoms with E-state index in [2.05, 4.69) is 9.72 Å². The lowest BCUT2D eigenvalue weighted by Crippen LogP contribution is -2.16. The third kappa shape index (κ3) is 6.18. The van der Waals surface area contributed by atoms with Gasteiger partial charge in [-0.15, -0.1) is 0 Å². The fourth-order valence-electron chi connectivity index (χ4n) is 3.10. The van der Waals surface area contributed by atoms with Gasteiger partial charge in [0, 0.05) is 17.5 Å². The number of pyridine rings is 1. The second kappa shape index (κ2) is 11.1. The number of methoxy groups -OCH3 is 1. The van der Waals surface area contributed by atoms with Crippen molar-refractivity contribution in [3.8, 4) is 11.5 Å². The van der Waals surface area contributed by atoms with E-state index in [1.807, 2.05) is 0 Å². The highest BCUT2D eigenvalue weighted by molar-refractivity contribution is 6.35. The molecule has 0 fully saturated rings. The van der Waals surface area contributed by atoms with Gasteiger partial charge in [0.05, 0.1) is 12.7 Å². The zero-order valence-corrected chi connectivity index (χ0v) is 18.7. The number of carbonyl (C=O) groups is 2. The number of hydrogen-bond acceptors (Lipinski definition) is 5. The smallest absolute Gasteiger partial charge is 0.387 e. The minimum Gasteiger partial charge on any atom is -0.493 e. The van der Waals surface area contributed by atoms with E-state index in [1.165, 1.54) is 49.8 Å². The first kappa shape index (κ1) is 24.4. The molecule has 3 rings (SSSR count). The second-order valence-electron chi connectivity index (χ2n) is 6.76. The monoisotopic (exact) mass is 496 g/mol. The molecule has 0 spiro atoms. The molecule has 0 aliphatic heterocycles. The summed E-state index contributed by atoms with van der Waals surface area (Å²) in [7, 11) is 1.30. The average Bonchev–Trinajstić information content (AvgIpc) is 2.80. The first-order valence-electron chi connectivity index (χ1n) is 9.55. The topological polar surface area (TPSA) is 76.0 Å². The molecule has 6 nitrogen and oxygen atoms in total. The maximum Gasteiger partial charge on any atom is 0.387 e. The Hall–Kier alpha value is -3.23. The first-order chi connectivity index (χ1) is 15.8. The molecule has 0 unspecified atom stereocenters. The summed E-state index contributed by atoms with van der Waals surface area (Å²) in [4.78, 5) is 26.7. The zero-order chi connectivity index (χ0) is 24.0. The largest absolute Gasteiger partial charge is 0.493 e. The second-order valence-corrected chi connectivity index (χ2v) is 7.57. The highest BCUT2D eigenvalue weighted by Crippen LogP contribution is 2.36. The number of benzene rings is 2. The number of H-pyrrole nitrogens is 1. The third-order valence-electron chi connectivity index (χ3n) is 4.67. The molecule has 0 bridgehead atoms. The summed E-state index contributed by atoms with van der Waals surface area (Å²) in [6.07, 6.45) is 2.80. The molecule has 33 heavy (non-hydrogen) atoms. The Morgan fingerprint density at radius 3 is 2.45 bits per heavy atom. The SMILES string of the molecule is COc1cc([C@H](Cc2c(Cl)c[nH+]cc2Cl)OC(=O)c2cccc(C=O)c2)ccc1OC(F)F. The van der Waals surface area contributed by atoms with Crippen LogP contribution in [0.15, 0.2) is 54.9 Å². The van der Waals surface area contributed by atoms with Crippen molar-refractivity contribution in [2.45, 2.75) is 19.1 Å². The number of alkyl halides is 2. The van der Waals surface area contributed by atoms with Crippen molar-refractivity contribution in [3.63, 3.8) is 0 Å². The molecule has 0 aliphatic rings. The van der Waals surface area contributed by atoms with E-state index in [0.717, 1.165) is 0 Å². The molecule has 1 aromatic heterocycles. The summed E-state index contributed by atoms with van der Waals surface area (Å²) in [6.45, 7) is -3.04. The van der Waals surface area contributed by atoms with E-state index < -0.39 is 18.7 Å². The number of carbonyl (C=O) groups excluding carboxylic acids is 2. The van der Waals surface area contributed by atoms with Crippen molar-refractivity contribution in [1.29, 1.82) is 0 Å². The van der Waals surface area contributed by atoms with Crippen molar-refractivity contribution in [2.24, 2.45) is 0 Å². The quantitative estimate of drug-likeness (QED) is 0.294. The predicted molar refractivity (Wildman–Crippen MR) is 116 cm³/mol. The fourth-order valence-corrected chi connectivity index (χ4v) is 3.63. The summed E-state index contributed by atoms with van der Waals surface area (Å²) in [6, 6.07) is 10.2. The van der Waals surface area contributed by atoms with Crippen molar-refractivity contribution in [1.82, 2.24) is 0 Å². The van der Waals surface area contributed by atoms with Gasteiger partial charge in [0.1, 0.15) is 22.4 Å². The minimum absolute atomic E-state index is 0.0235. The standard InChI is InChI=1S/C23H17Cl2F2NO5/c1-31-21-8-14(5-6-19(21)33-23(26)27)20(9-16-17(24)10-28-11-18(16)25)32-22(30)15-4-2-3-13(7-15)12-29/h2-8,10-12,20,23H,9H2,1H3/p+1/t20-/m0/s1. The molecule has 0 aliphatic carbocycles. The Morgan fingerprint density at radius 1 is 1.09 bits per heavy atom. The maximum absolute atomic E-state index is 12.9. The van der Waals surface area contributed by atoms with Crippen molar-refractivity contribution < 1.29 is 37.6 Å². The molecule has 0 saturated carbocycles. The van der Waals surface area contributed by atoms with E-state index in [0.29, 0.717) is 33.0 Å². The number of hydrogen-bond donors (Lipinski definition) is 0. The summed E-state index contributed by atoms with van der Waals surface area (Å²) in [5.41, 5.74) is 1.39. The van der Waals surface area contributed by atoms with Gasteiger partial charge >= 0.3 is 12.6 Å². The van der Waals surface area contributed by atoms with Gasteiger partial charge < -0.3 is 14.2 Å². The molecule has 1 atom stereocenters. The highest BCUT2D eigenvalue weighted by atomic mass is 35.5. The van der Waals surface area contributed by atoms with Crippen LogP contribution in [0.25, 0.3) is 0 Å². The summed E-state index contributed by atoms with van der Waals surface area (Å²) in [5.74, 6) is -0.855. The predicted octanol–water partition coefficient (Wildman–Crippen LogP) is 5.37. The van der Waals surface area contributed by atoms with E-state index in [4.69, 9.17) is 32.7 Å². The van der Waals surface area contributed by atoms with Crippen molar-refractivity contribution in [2.75, 3.05) is 7.11 Å². The number of nitrogens with one attached hydrogen (secondary N) is 1. The van der Waals surface area contributed by atoms with Gasteiger partial charge in [-0.05, 0) is 29.8 Å². The summed E-state index contributed by atoms with van der Waals surface area (Å²) >= 11 is 12.5. The van der Waals surface area contributed by atoms with Crippen molar-refractivity contribution in [3.05, 3.63) is 87.2 Å². The highest BCUT2D eigenvalue weighted by Gasteiger charge is 2.24. The van der Waals surface area contributed by atoms with Gasteiger partial charge in [-0.25, -0.2) is 9.78 Å². The molecular formula is C23H18Cl2F2NO5+. The minimum atomic E-state index is -3.04. The number of esters is 1. The number of rotatable bonds is 9. The van der Waals surface area contributed by atoms with Crippen LogP contribution in [0.1, 0.15) is 37.9 Å². The van der Waals surface area contributed by atoms with E-state index in [9.17, 15) is 18.4 Å². The lowest BCUT2D eigenvalue weighted by molar-refractivity contribution is -0.377. The third-order valence-corrected chi connectivity index (χ3v) is 5.34. The molecular weight excluding hydrogens is 479 g/mol. The Morgan fingerprint density at radius 2 is 1.82 bits per heavy atom. The van der Waals surface area contributed by atoms with Crippen molar-refractivity contribution >= 4 is 35.5 Å². The number of aromatic nitrogens is 1. The van der Waals surface area contributed by atoms with E-state index in [-0.39, 0.29) is 23.5 Å². The molecule has 1 N–H and O–H groups in total. The van der Waals surface area contributed by atoms with Crippen LogP contribution < -0.4 is 14.5 Å². The normalized spacial score (nSPS) is 11.7. The van der Waals surface area contributed by atoms with Crippen LogP contribution in [0.2, 0.25) is 10.0 Å². The van der Waals surface area contributed by atoms with Gasteiger partial charge in [-0.2, -0.15) is 8.78 Å². The zero-order valence-electron chi connectivity index (χ0n) is 17.2. The molecule has 0 radical (unpaired) electrons. The molecule has 10 heteroatoms. The first-order valence-corrected chi connectivity index (χ1v) is 10.3. The Labute approximate surface area is 198 Å². The molecule has 3 aromatic rings. The van der Waals surface area contributed by atoms with Gasteiger partial charge in [0.25, 0.3) is 0 Å². The van der Waals surface area contributed by atoms with Crippen LogP contribution in [0.4, 0.5) is 8.78 Å². The van der Waals surface area contributed by atoms with Crippen LogP contribution >= 0.6 is 23.2 Å². The van der Waals surface area contributed by atoms with Crippen LogP contribution in [-0.4, -0.2) is 26.0 Å². The van der Waals surface area contributed by atoms with E-state index in [1.54, 1.807) is 12.1 Å². The number of aldehydes is 1. The number of halogens is 4. The van der Waals surface area contributed by atoms with Crippen LogP contribution in [0, 0.1) is 0 Å². The maximum atomic E-state index is 12.9. The Kier molecular flexibility index (Phi) is 8.19. The fraction of sp³-hybridized carbons (Fsp3) is 0.174. The lowest BCUT2D eigenvalue weighted by Gasteiger charge is -2.21. The van der Waals surface area contributed by atoms with Gasteiger partial charge in [-0.1, -0.05) is 41.4 Å². The van der Waals surface area contributed by atoms with Gasteiger partial charge in [0.2, 0.25) is 0 Å². The Bertz CT molecular complexity index is 1140. The van der Waals surface area contributed by atoms with E-state index >= 15 is 0 Å². The average molecular weight is 497 g/mol. The molecule has 0 saturated heterocycles. The number of aromatic amines is 1. The van der Waals surface area contributed by atoms with Crippen LogP contribution in [-0.2, 0) is 11.2 Å². The molecule has 0 amide bonds. The molecule has 2 aromatic carbocycles. The summed E-state index contributed by atoms with van der Waals surface area (Å²) in [5, 5.41) is 0.632. The van der Waals surface area contributed by atoms with Crippen LogP contribution in [0.3, 0.4) is 0 Å². The van der Waals surface area contributed by atoms with Crippen LogP contribution in [0.5, 0.6) is 11.5 Å². The Balaban J connectivity index is 1.99.